The van der Waals surface area contributed by atoms with Crippen molar-refractivity contribution in [3.05, 3.63) is 36.4 Å². The molecule has 20 heavy (non-hydrogen) atoms. The Kier molecular flexibility index (Phi) is 3.07. The highest BCUT2D eigenvalue weighted by atomic mass is 32.1. The van der Waals surface area contributed by atoms with E-state index in [0.717, 1.165) is 10.6 Å². The molecule has 0 spiro atoms. The van der Waals surface area contributed by atoms with Crippen molar-refractivity contribution in [3.63, 3.8) is 0 Å². The molecule has 0 unspecified atom stereocenters. The summed E-state index contributed by atoms with van der Waals surface area (Å²) in [7, 11) is 0. The lowest BCUT2D eigenvalue weighted by Gasteiger charge is -2.22. The molecule has 3 heteroatoms. The first kappa shape index (κ1) is 12.2. The number of thiazole rings is 1. The van der Waals surface area contributed by atoms with Crippen molar-refractivity contribution < 1.29 is 0 Å². The minimum Gasteiger partial charge on any atom is -0.359 e. The highest BCUT2D eigenvalue weighted by Crippen LogP contribution is 2.33. The topological polar surface area (TPSA) is 24.9 Å². The molecule has 1 saturated carbocycles. The molecule has 0 saturated heterocycles. The van der Waals surface area contributed by atoms with Gasteiger partial charge in [0.2, 0.25) is 0 Å². The van der Waals surface area contributed by atoms with Crippen LogP contribution in [0.1, 0.15) is 32.1 Å². The second kappa shape index (κ2) is 5.06. The van der Waals surface area contributed by atoms with Crippen molar-refractivity contribution in [1.29, 1.82) is 0 Å². The Balaban J connectivity index is 1.72. The molecular formula is C17H18N2S. The SMILES string of the molecule is c1ccc2c(c1)ccc1nc(NC3CCCCC3)sc12. The second-order valence-corrected chi connectivity index (χ2v) is 6.63. The molecule has 1 aliphatic carbocycles. The molecule has 0 atom stereocenters. The van der Waals surface area contributed by atoms with Crippen molar-refractivity contribution in [3.8, 4) is 0 Å². The van der Waals surface area contributed by atoms with Gasteiger partial charge in [0.25, 0.3) is 0 Å². The van der Waals surface area contributed by atoms with Gasteiger partial charge in [0, 0.05) is 11.4 Å². The first-order chi connectivity index (χ1) is 9.90. The van der Waals surface area contributed by atoms with E-state index in [1.807, 2.05) is 0 Å². The number of hydrogen-bond donors (Lipinski definition) is 1. The van der Waals surface area contributed by atoms with Crippen LogP contribution in [0.5, 0.6) is 0 Å². The van der Waals surface area contributed by atoms with E-state index in [2.05, 4.69) is 41.7 Å². The Bertz CT molecular complexity index is 741. The van der Waals surface area contributed by atoms with Crippen molar-refractivity contribution in [2.24, 2.45) is 0 Å². The normalized spacial score (nSPS) is 16.8. The predicted octanol–water partition coefficient (Wildman–Crippen LogP) is 5.19. The van der Waals surface area contributed by atoms with Crippen LogP contribution in [-0.4, -0.2) is 11.0 Å². The fourth-order valence-electron chi connectivity index (χ4n) is 3.14. The zero-order valence-electron chi connectivity index (χ0n) is 11.4. The summed E-state index contributed by atoms with van der Waals surface area (Å²) in [5, 5.41) is 7.35. The summed E-state index contributed by atoms with van der Waals surface area (Å²) < 4.78 is 1.31. The summed E-state index contributed by atoms with van der Waals surface area (Å²) in [5.41, 5.74) is 1.12. The fourth-order valence-corrected chi connectivity index (χ4v) is 4.22. The average molecular weight is 282 g/mol. The van der Waals surface area contributed by atoms with E-state index in [9.17, 15) is 0 Å². The first-order valence-corrected chi connectivity index (χ1v) is 8.27. The molecule has 2 nitrogen and oxygen atoms in total. The molecule has 1 N–H and O–H groups in total. The molecule has 0 bridgehead atoms. The summed E-state index contributed by atoms with van der Waals surface area (Å²) >= 11 is 1.80. The molecule has 1 aliphatic rings. The van der Waals surface area contributed by atoms with E-state index in [-0.39, 0.29) is 0 Å². The number of fused-ring (bicyclic) bond motifs is 3. The maximum Gasteiger partial charge on any atom is 0.184 e. The largest absolute Gasteiger partial charge is 0.359 e. The Morgan fingerprint density at radius 2 is 1.85 bits per heavy atom. The Hall–Kier alpha value is -1.61. The van der Waals surface area contributed by atoms with Gasteiger partial charge >= 0.3 is 0 Å². The van der Waals surface area contributed by atoms with Crippen LogP contribution in [0.25, 0.3) is 21.0 Å². The smallest absolute Gasteiger partial charge is 0.184 e. The van der Waals surface area contributed by atoms with Gasteiger partial charge in [-0.15, -0.1) is 0 Å². The molecule has 1 aromatic heterocycles. The lowest BCUT2D eigenvalue weighted by atomic mass is 9.96. The van der Waals surface area contributed by atoms with E-state index in [1.54, 1.807) is 11.3 Å². The van der Waals surface area contributed by atoms with Crippen molar-refractivity contribution >= 4 is 37.5 Å². The maximum absolute atomic E-state index is 4.76. The third-order valence-corrected chi connectivity index (χ3v) is 5.25. The lowest BCUT2D eigenvalue weighted by Crippen LogP contribution is -2.21. The highest BCUT2D eigenvalue weighted by molar-refractivity contribution is 7.23. The van der Waals surface area contributed by atoms with E-state index < -0.39 is 0 Å². The summed E-state index contributed by atoms with van der Waals surface area (Å²) in [6, 6.07) is 13.5. The Morgan fingerprint density at radius 3 is 2.75 bits per heavy atom. The lowest BCUT2D eigenvalue weighted by molar-refractivity contribution is 0.462. The monoisotopic (exact) mass is 282 g/mol. The number of rotatable bonds is 2. The van der Waals surface area contributed by atoms with Gasteiger partial charge in [0.15, 0.2) is 5.13 Å². The number of nitrogens with zero attached hydrogens (tertiary/aromatic N) is 1. The minimum absolute atomic E-state index is 0.621. The fraction of sp³-hybridized carbons (Fsp3) is 0.353. The summed E-state index contributed by atoms with van der Waals surface area (Å²) in [5.74, 6) is 0. The number of nitrogens with one attached hydrogen (secondary N) is 1. The van der Waals surface area contributed by atoms with Gasteiger partial charge in [-0.2, -0.15) is 0 Å². The van der Waals surface area contributed by atoms with Gasteiger partial charge in [-0.05, 0) is 24.3 Å². The van der Waals surface area contributed by atoms with Gasteiger partial charge in [-0.3, -0.25) is 0 Å². The van der Waals surface area contributed by atoms with Crippen LogP contribution in [0.4, 0.5) is 5.13 Å². The molecule has 1 fully saturated rings. The first-order valence-electron chi connectivity index (χ1n) is 7.45. The van der Waals surface area contributed by atoms with Gasteiger partial charge in [-0.25, -0.2) is 4.98 Å². The van der Waals surface area contributed by atoms with Crippen LogP contribution >= 0.6 is 11.3 Å². The van der Waals surface area contributed by atoms with Crippen molar-refractivity contribution in [2.75, 3.05) is 5.32 Å². The maximum atomic E-state index is 4.76. The number of aromatic nitrogens is 1. The minimum atomic E-state index is 0.621. The standard InChI is InChI=1S/C17H18N2S/c1-2-7-13(8-3-1)18-17-19-15-11-10-12-6-4-5-9-14(12)16(15)20-17/h4-6,9-11,13H,1-3,7-8H2,(H,18,19). The molecular weight excluding hydrogens is 264 g/mol. The van der Waals surface area contributed by atoms with Crippen molar-refractivity contribution in [1.82, 2.24) is 4.98 Å². The predicted molar refractivity (Wildman–Crippen MR) is 87.6 cm³/mol. The Morgan fingerprint density at radius 1 is 1.00 bits per heavy atom. The number of hydrogen-bond acceptors (Lipinski definition) is 3. The van der Waals surface area contributed by atoms with Crippen LogP contribution in [0.2, 0.25) is 0 Å². The van der Waals surface area contributed by atoms with E-state index in [0.29, 0.717) is 6.04 Å². The molecule has 1 heterocycles. The molecule has 2 aromatic carbocycles. The highest BCUT2D eigenvalue weighted by Gasteiger charge is 2.15. The molecule has 0 amide bonds. The van der Waals surface area contributed by atoms with Crippen LogP contribution in [0.3, 0.4) is 0 Å². The molecule has 102 valence electrons. The Labute approximate surface area is 122 Å². The van der Waals surface area contributed by atoms with E-state index in [1.165, 1.54) is 47.6 Å². The number of anilines is 1. The zero-order chi connectivity index (χ0) is 13.4. The average Bonchev–Trinajstić information content (AvgIpc) is 2.91. The second-order valence-electron chi connectivity index (χ2n) is 5.63. The van der Waals surface area contributed by atoms with Gasteiger partial charge in [0.05, 0.1) is 10.2 Å². The molecule has 4 rings (SSSR count). The third-order valence-electron chi connectivity index (χ3n) is 4.21. The molecule has 3 aromatic rings. The van der Waals surface area contributed by atoms with Crippen LogP contribution < -0.4 is 5.32 Å². The summed E-state index contributed by atoms with van der Waals surface area (Å²) in [6.07, 6.45) is 6.67. The third kappa shape index (κ3) is 2.16. The molecule has 0 radical (unpaired) electrons. The van der Waals surface area contributed by atoms with Crippen LogP contribution in [0, 0.1) is 0 Å². The van der Waals surface area contributed by atoms with Crippen molar-refractivity contribution in [2.45, 2.75) is 38.1 Å². The van der Waals surface area contributed by atoms with E-state index in [4.69, 9.17) is 4.98 Å². The van der Waals surface area contributed by atoms with Gasteiger partial charge in [0.1, 0.15) is 0 Å². The quantitative estimate of drug-likeness (QED) is 0.699. The summed E-state index contributed by atoms with van der Waals surface area (Å²) in [4.78, 5) is 4.76. The van der Waals surface area contributed by atoms with Crippen LogP contribution in [0.15, 0.2) is 36.4 Å². The number of benzene rings is 2. The molecule has 0 aliphatic heterocycles. The van der Waals surface area contributed by atoms with E-state index >= 15 is 0 Å². The van der Waals surface area contributed by atoms with Gasteiger partial charge in [-0.1, -0.05) is 60.9 Å². The zero-order valence-corrected chi connectivity index (χ0v) is 12.2. The van der Waals surface area contributed by atoms with Crippen LogP contribution in [-0.2, 0) is 0 Å². The summed E-state index contributed by atoms with van der Waals surface area (Å²) in [6.45, 7) is 0. The van der Waals surface area contributed by atoms with Gasteiger partial charge < -0.3 is 5.32 Å².